The van der Waals surface area contributed by atoms with Gasteiger partial charge in [-0.2, -0.15) is 0 Å². The molecular formula is C16H14N2S. The number of nitrogens with zero attached hydrogens (tertiary/aromatic N) is 1. The minimum atomic E-state index is 0.799. The van der Waals surface area contributed by atoms with Gasteiger partial charge in [0.1, 0.15) is 0 Å². The molecule has 0 aliphatic rings. The van der Waals surface area contributed by atoms with Crippen molar-refractivity contribution >= 4 is 17.0 Å². The van der Waals surface area contributed by atoms with Gasteiger partial charge in [-0.25, -0.2) is 4.98 Å². The van der Waals surface area contributed by atoms with Gasteiger partial charge in [0, 0.05) is 23.1 Å². The van der Waals surface area contributed by atoms with E-state index in [-0.39, 0.29) is 0 Å². The molecule has 0 saturated carbocycles. The molecule has 0 amide bonds. The molecule has 2 nitrogen and oxygen atoms in total. The molecule has 0 fully saturated rings. The first-order chi connectivity index (χ1) is 9.31. The number of hydrogen-bond acceptors (Lipinski definition) is 3. The van der Waals surface area contributed by atoms with Crippen molar-refractivity contribution < 1.29 is 0 Å². The first-order valence-corrected chi connectivity index (χ1v) is 7.03. The van der Waals surface area contributed by atoms with E-state index in [0.717, 1.165) is 22.8 Å². The minimum absolute atomic E-state index is 0.799. The van der Waals surface area contributed by atoms with Gasteiger partial charge in [-0.1, -0.05) is 42.5 Å². The van der Waals surface area contributed by atoms with Gasteiger partial charge >= 0.3 is 0 Å². The Bertz CT molecular complexity index is 657. The van der Waals surface area contributed by atoms with Crippen molar-refractivity contribution in [3.8, 4) is 11.3 Å². The number of thiazole rings is 1. The maximum absolute atomic E-state index is 5.69. The van der Waals surface area contributed by atoms with E-state index in [1.165, 1.54) is 11.1 Å². The van der Waals surface area contributed by atoms with E-state index >= 15 is 0 Å². The first kappa shape index (κ1) is 11.9. The van der Waals surface area contributed by atoms with Gasteiger partial charge in [0.05, 0.1) is 10.7 Å². The summed E-state index contributed by atoms with van der Waals surface area (Å²) in [6.07, 6.45) is 0.859. The fourth-order valence-electron chi connectivity index (χ4n) is 1.94. The van der Waals surface area contributed by atoms with Crippen molar-refractivity contribution in [2.24, 2.45) is 0 Å². The lowest BCUT2D eigenvalue weighted by atomic mass is 10.1. The van der Waals surface area contributed by atoms with E-state index in [1.807, 2.05) is 30.3 Å². The third-order valence-corrected chi connectivity index (χ3v) is 3.81. The molecule has 0 unspecified atom stereocenters. The predicted octanol–water partition coefficient (Wildman–Crippen LogP) is 3.98. The lowest BCUT2D eigenvalue weighted by Gasteiger charge is -1.99. The smallest absolute Gasteiger partial charge is 0.0976 e. The van der Waals surface area contributed by atoms with Crippen molar-refractivity contribution in [1.82, 2.24) is 4.98 Å². The van der Waals surface area contributed by atoms with Crippen LogP contribution in [0.1, 0.15) is 10.6 Å². The molecule has 0 atom stereocenters. The van der Waals surface area contributed by atoms with Crippen LogP contribution in [0.5, 0.6) is 0 Å². The molecule has 3 rings (SSSR count). The topological polar surface area (TPSA) is 38.9 Å². The Morgan fingerprint density at radius 1 is 0.947 bits per heavy atom. The molecule has 2 aromatic carbocycles. The molecule has 0 radical (unpaired) electrons. The number of anilines is 1. The van der Waals surface area contributed by atoms with E-state index in [9.17, 15) is 0 Å². The van der Waals surface area contributed by atoms with Crippen molar-refractivity contribution in [3.05, 3.63) is 70.5 Å². The number of aromatic nitrogens is 1. The summed E-state index contributed by atoms with van der Waals surface area (Å²) in [6.45, 7) is 0. The summed E-state index contributed by atoms with van der Waals surface area (Å²) >= 11 is 1.70. The molecule has 3 heteroatoms. The van der Waals surface area contributed by atoms with Gasteiger partial charge in [0.25, 0.3) is 0 Å². The summed E-state index contributed by atoms with van der Waals surface area (Å²) in [4.78, 5) is 4.69. The van der Waals surface area contributed by atoms with Crippen LogP contribution in [0, 0.1) is 0 Å². The molecule has 2 N–H and O–H groups in total. The van der Waals surface area contributed by atoms with Crippen molar-refractivity contribution in [3.63, 3.8) is 0 Å². The lowest BCUT2D eigenvalue weighted by molar-refractivity contribution is 1.14. The quantitative estimate of drug-likeness (QED) is 0.728. The van der Waals surface area contributed by atoms with Gasteiger partial charge in [0.2, 0.25) is 0 Å². The molecule has 0 aliphatic heterocycles. The van der Waals surface area contributed by atoms with Gasteiger partial charge in [-0.05, 0) is 17.7 Å². The summed E-state index contributed by atoms with van der Waals surface area (Å²) in [5.74, 6) is 0. The number of benzene rings is 2. The van der Waals surface area contributed by atoms with E-state index in [2.05, 4.69) is 34.6 Å². The van der Waals surface area contributed by atoms with E-state index < -0.39 is 0 Å². The summed E-state index contributed by atoms with van der Waals surface area (Å²) in [7, 11) is 0. The van der Waals surface area contributed by atoms with Gasteiger partial charge in [0.15, 0.2) is 0 Å². The van der Waals surface area contributed by atoms with Crippen molar-refractivity contribution in [2.45, 2.75) is 6.42 Å². The van der Waals surface area contributed by atoms with Crippen LogP contribution in [0.15, 0.2) is 60.0 Å². The molecule has 0 saturated heterocycles. The van der Waals surface area contributed by atoms with Crippen LogP contribution in [0.25, 0.3) is 11.3 Å². The Kier molecular flexibility index (Phi) is 3.29. The normalized spacial score (nSPS) is 10.5. The van der Waals surface area contributed by atoms with Crippen LogP contribution in [-0.2, 0) is 6.42 Å². The molecule has 94 valence electrons. The maximum Gasteiger partial charge on any atom is 0.0976 e. The summed E-state index contributed by atoms with van der Waals surface area (Å²) in [5, 5.41) is 3.24. The van der Waals surface area contributed by atoms with Crippen LogP contribution in [0.2, 0.25) is 0 Å². The molecule has 0 bridgehead atoms. The third-order valence-electron chi connectivity index (χ3n) is 2.96. The predicted molar refractivity (Wildman–Crippen MR) is 81.2 cm³/mol. The largest absolute Gasteiger partial charge is 0.399 e. The zero-order valence-corrected chi connectivity index (χ0v) is 11.2. The Morgan fingerprint density at radius 3 is 2.42 bits per heavy atom. The highest BCUT2D eigenvalue weighted by Crippen LogP contribution is 2.23. The second-order valence-corrected chi connectivity index (χ2v) is 5.35. The summed E-state index contributed by atoms with van der Waals surface area (Å²) in [5.41, 5.74) is 9.95. The van der Waals surface area contributed by atoms with Gasteiger partial charge in [-0.3, -0.25) is 0 Å². The average molecular weight is 266 g/mol. The van der Waals surface area contributed by atoms with Crippen LogP contribution >= 0.6 is 11.3 Å². The molecule has 1 heterocycles. The Labute approximate surface area is 116 Å². The maximum atomic E-state index is 5.69. The highest BCUT2D eigenvalue weighted by molar-refractivity contribution is 7.10. The average Bonchev–Trinajstić information content (AvgIpc) is 2.91. The van der Waals surface area contributed by atoms with Gasteiger partial charge < -0.3 is 5.73 Å². The molecular weight excluding hydrogens is 252 g/mol. The molecule has 19 heavy (non-hydrogen) atoms. The van der Waals surface area contributed by atoms with E-state index in [4.69, 9.17) is 5.73 Å². The second-order valence-electron chi connectivity index (χ2n) is 4.41. The number of nitrogen functional groups attached to an aromatic ring is 1. The Morgan fingerprint density at radius 2 is 1.68 bits per heavy atom. The van der Waals surface area contributed by atoms with E-state index in [1.54, 1.807) is 11.3 Å². The monoisotopic (exact) mass is 266 g/mol. The standard InChI is InChI=1S/C16H14N2S/c17-14-8-6-12(7-9-14)10-16-18-15(11-19-16)13-4-2-1-3-5-13/h1-9,11H,10,17H2. The molecule has 3 aromatic rings. The summed E-state index contributed by atoms with van der Waals surface area (Å²) < 4.78 is 0. The zero-order chi connectivity index (χ0) is 13.1. The highest BCUT2D eigenvalue weighted by Gasteiger charge is 2.05. The fourth-order valence-corrected chi connectivity index (χ4v) is 2.78. The van der Waals surface area contributed by atoms with Crippen LogP contribution in [0.4, 0.5) is 5.69 Å². The molecule has 1 aromatic heterocycles. The molecule has 0 aliphatic carbocycles. The minimum Gasteiger partial charge on any atom is -0.399 e. The Hall–Kier alpha value is -2.13. The molecule has 0 spiro atoms. The second kappa shape index (κ2) is 5.24. The lowest BCUT2D eigenvalue weighted by Crippen LogP contribution is -1.89. The first-order valence-electron chi connectivity index (χ1n) is 6.15. The van der Waals surface area contributed by atoms with E-state index in [0.29, 0.717) is 0 Å². The SMILES string of the molecule is Nc1ccc(Cc2nc(-c3ccccc3)cs2)cc1. The highest BCUT2D eigenvalue weighted by atomic mass is 32.1. The Balaban J connectivity index is 1.80. The van der Waals surface area contributed by atoms with Crippen LogP contribution in [0.3, 0.4) is 0 Å². The van der Waals surface area contributed by atoms with Crippen LogP contribution < -0.4 is 5.73 Å². The van der Waals surface area contributed by atoms with Crippen molar-refractivity contribution in [1.29, 1.82) is 0 Å². The third kappa shape index (κ3) is 2.83. The number of rotatable bonds is 3. The van der Waals surface area contributed by atoms with Crippen LogP contribution in [-0.4, -0.2) is 4.98 Å². The number of nitrogens with two attached hydrogens (primary N) is 1. The number of hydrogen-bond donors (Lipinski definition) is 1. The van der Waals surface area contributed by atoms with Gasteiger partial charge in [-0.15, -0.1) is 11.3 Å². The van der Waals surface area contributed by atoms with Crippen molar-refractivity contribution in [2.75, 3.05) is 5.73 Å². The zero-order valence-electron chi connectivity index (χ0n) is 10.4. The fraction of sp³-hybridized carbons (Fsp3) is 0.0625. The summed E-state index contributed by atoms with van der Waals surface area (Å²) in [6, 6.07) is 18.2.